The summed E-state index contributed by atoms with van der Waals surface area (Å²) in [4.78, 5) is 0. The van der Waals surface area contributed by atoms with Gasteiger partial charge in [0, 0.05) is 20.2 Å². The second-order valence-electron chi connectivity index (χ2n) is 13.6. The van der Waals surface area contributed by atoms with E-state index in [1.807, 2.05) is 11.3 Å². The van der Waals surface area contributed by atoms with Crippen molar-refractivity contribution in [3.8, 4) is 33.4 Å². The number of thiophene rings is 1. The molecule has 1 heterocycles. The Morgan fingerprint density at radius 3 is 1.51 bits per heavy atom. The molecule has 11 rings (SSSR count). The molecule has 0 saturated heterocycles. The second kappa shape index (κ2) is 11.1. The third-order valence-corrected chi connectivity index (χ3v) is 11.9. The van der Waals surface area contributed by atoms with Crippen molar-refractivity contribution in [2.24, 2.45) is 0 Å². The third kappa shape index (κ3) is 4.26. The van der Waals surface area contributed by atoms with Crippen LogP contribution in [0, 0.1) is 0 Å². The summed E-state index contributed by atoms with van der Waals surface area (Å²) in [5.74, 6) is 0. The summed E-state index contributed by atoms with van der Waals surface area (Å²) in [6, 6.07) is 67.6. The van der Waals surface area contributed by atoms with Crippen LogP contribution in [0.4, 0.5) is 0 Å². The van der Waals surface area contributed by atoms with Gasteiger partial charge < -0.3 is 0 Å². The molecule has 0 amide bonds. The molecule has 0 fully saturated rings. The Labute approximate surface area is 299 Å². The maximum Gasteiger partial charge on any atom is 0.0362 e. The molecule has 0 aliphatic carbocycles. The summed E-state index contributed by atoms with van der Waals surface area (Å²) in [5, 5.41) is 15.5. The molecule has 0 N–H and O–H groups in total. The van der Waals surface area contributed by atoms with Crippen LogP contribution in [0.15, 0.2) is 182 Å². The van der Waals surface area contributed by atoms with Gasteiger partial charge in [0.05, 0.1) is 0 Å². The van der Waals surface area contributed by atoms with Crippen LogP contribution in [0.2, 0.25) is 0 Å². The number of fused-ring (bicyclic) bond motifs is 10. The maximum atomic E-state index is 2.47. The Morgan fingerprint density at radius 1 is 0.275 bits per heavy atom. The van der Waals surface area contributed by atoms with Gasteiger partial charge in [0.1, 0.15) is 0 Å². The predicted octanol–water partition coefficient (Wildman–Crippen LogP) is 14.8. The monoisotopic (exact) mass is 662 g/mol. The average Bonchev–Trinajstić information content (AvgIpc) is 3.60. The van der Waals surface area contributed by atoms with Gasteiger partial charge in [0.2, 0.25) is 0 Å². The van der Waals surface area contributed by atoms with E-state index in [4.69, 9.17) is 0 Å². The van der Waals surface area contributed by atoms with Gasteiger partial charge in [-0.25, -0.2) is 0 Å². The molecule has 0 radical (unpaired) electrons. The highest BCUT2D eigenvalue weighted by molar-refractivity contribution is 7.26. The van der Waals surface area contributed by atoms with Gasteiger partial charge in [-0.1, -0.05) is 158 Å². The van der Waals surface area contributed by atoms with E-state index in [-0.39, 0.29) is 0 Å². The number of benzene rings is 10. The molecule has 0 nitrogen and oxygen atoms in total. The van der Waals surface area contributed by atoms with Gasteiger partial charge in [-0.15, -0.1) is 11.3 Å². The molecular formula is C50H30S. The van der Waals surface area contributed by atoms with Crippen LogP contribution in [0.5, 0.6) is 0 Å². The van der Waals surface area contributed by atoms with E-state index < -0.39 is 0 Å². The molecule has 51 heavy (non-hydrogen) atoms. The van der Waals surface area contributed by atoms with Gasteiger partial charge in [-0.3, -0.25) is 0 Å². The minimum absolute atomic E-state index is 1.22. The first-order chi connectivity index (χ1) is 25.3. The standard InChI is InChI=1S/C50H30S/c1-2-13-31(14-3-1)42-29-34-26-25-32-15-4-6-17-35(32)43(34)30-44(42)48-39-21-10-8-19-37(39)47(38-20-9-11-22-40(38)48)41-23-12-24-45-50(41)49-36-18-7-5-16-33(36)27-28-46(49)51-45/h1-30H. The highest BCUT2D eigenvalue weighted by atomic mass is 32.1. The van der Waals surface area contributed by atoms with Crippen LogP contribution < -0.4 is 0 Å². The van der Waals surface area contributed by atoms with Crippen LogP contribution in [0.3, 0.4) is 0 Å². The van der Waals surface area contributed by atoms with Gasteiger partial charge in [-0.2, -0.15) is 0 Å². The summed E-state index contributed by atoms with van der Waals surface area (Å²) in [7, 11) is 0. The molecule has 10 aromatic carbocycles. The lowest BCUT2D eigenvalue weighted by Crippen LogP contribution is -1.94. The molecule has 0 aliphatic heterocycles. The van der Waals surface area contributed by atoms with Crippen molar-refractivity contribution < 1.29 is 0 Å². The van der Waals surface area contributed by atoms with Gasteiger partial charge >= 0.3 is 0 Å². The minimum atomic E-state index is 1.22. The van der Waals surface area contributed by atoms with E-state index in [0.29, 0.717) is 0 Å². The zero-order chi connectivity index (χ0) is 33.5. The maximum absolute atomic E-state index is 2.47. The number of hydrogen-bond donors (Lipinski definition) is 0. The Kier molecular flexibility index (Phi) is 6.22. The van der Waals surface area contributed by atoms with Crippen molar-refractivity contribution in [3.63, 3.8) is 0 Å². The summed E-state index contributed by atoms with van der Waals surface area (Å²) >= 11 is 1.90. The van der Waals surface area contributed by atoms with Crippen LogP contribution in [-0.4, -0.2) is 0 Å². The van der Waals surface area contributed by atoms with Crippen LogP contribution in [0.25, 0.3) is 107 Å². The normalized spacial score (nSPS) is 11.9. The Hall–Kier alpha value is -6.28. The molecule has 1 heteroatoms. The fourth-order valence-electron chi connectivity index (χ4n) is 8.62. The van der Waals surface area contributed by atoms with E-state index in [2.05, 4.69) is 182 Å². The molecule has 1 aromatic heterocycles. The minimum Gasteiger partial charge on any atom is -0.135 e. The van der Waals surface area contributed by atoms with E-state index in [1.165, 1.54) is 107 Å². The predicted molar refractivity (Wildman–Crippen MR) is 223 cm³/mol. The summed E-state index contributed by atoms with van der Waals surface area (Å²) in [5.41, 5.74) is 7.61. The SMILES string of the molecule is c1ccc(-c2cc3ccc4ccccc4c3cc2-c2c3ccccc3c(-c3cccc4sc5ccc6ccccc6c5c34)c3ccccc23)cc1. The number of hydrogen-bond acceptors (Lipinski definition) is 1. The fraction of sp³-hybridized carbons (Fsp3) is 0. The summed E-state index contributed by atoms with van der Waals surface area (Å²) in [6.07, 6.45) is 0. The van der Waals surface area contributed by atoms with Crippen LogP contribution >= 0.6 is 11.3 Å². The van der Waals surface area contributed by atoms with Gasteiger partial charge in [0.15, 0.2) is 0 Å². The molecule has 11 aromatic rings. The van der Waals surface area contributed by atoms with E-state index >= 15 is 0 Å². The van der Waals surface area contributed by atoms with Gasteiger partial charge in [-0.05, 0) is 112 Å². The number of rotatable bonds is 3. The summed E-state index contributed by atoms with van der Waals surface area (Å²) in [6.45, 7) is 0. The molecule has 0 bridgehead atoms. The Bertz CT molecular complexity index is 3130. The molecule has 0 unspecified atom stereocenters. The average molecular weight is 663 g/mol. The largest absolute Gasteiger partial charge is 0.135 e. The zero-order valence-electron chi connectivity index (χ0n) is 27.7. The van der Waals surface area contributed by atoms with Crippen LogP contribution in [0.1, 0.15) is 0 Å². The fourth-order valence-corrected chi connectivity index (χ4v) is 9.77. The van der Waals surface area contributed by atoms with E-state index in [9.17, 15) is 0 Å². The summed E-state index contributed by atoms with van der Waals surface area (Å²) < 4.78 is 2.65. The van der Waals surface area contributed by atoms with Crippen molar-refractivity contribution in [1.29, 1.82) is 0 Å². The van der Waals surface area contributed by atoms with Crippen molar-refractivity contribution in [1.82, 2.24) is 0 Å². The lowest BCUT2D eigenvalue weighted by Gasteiger charge is -2.21. The van der Waals surface area contributed by atoms with Crippen molar-refractivity contribution in [2.75, 3.05) is 0 Å². The smallest absolute Gasteiger partial charge is 0.0362 e. The molecule has 0 spiro atoms. The topological polar surface area (TPSA) is 0 Å². The van der Waals surface area contributed by atoms with E-state index in [1.54, 1.807) is 0 Å². The quantitative estimate of drug-likeness (QED) is 0.130. The van der Waals surface area contributed by atoms with Gasteiger partial charge in [0.25, 0.3) is 0 Å². The first-order valence-electron chi connectivity index (χ1n) is 17.6. The highest BCUT2D eigenvalue weighted by Crippen LogP contribution is 2.50. The third-order valence-electron chi connectivity index (χ3n) is 10.8. The second-order valence-corrected chi connectivity index (χ2v) is 14.6. The van der Waals surface area contributed by atoms with E-state index in [0.717, 1.165) is 0 Å². The molecule has 0 saturated carbocycles. The first-order valence-corrected chi connectivity index (χ1v) is 18.4. The van der Waals surface area contributed by atoms with Crippen molar-refractivity contribution in [2.45, 2.75) is 0 Å². The lowest BCUT2D eigenvalue weighted by atomic mass is 9.82. The van der Waals surface area contributed by atoms with Crippen molar-refractivity contribution >= 4 is 85.4 Å². The molecule has 236 valence electrons. The van der Waals surface area contributed by atoms with Crippen molar-refractivity contribution in [3.05, 3.63) is 182 Å². The highest BCUT2D eigenvalue weighted by Gasteiger charge is 2.22. The first kappa shape index (κ1) is 28.5. The zero-order valence-corrected chi connectivity index (χ0v) is 28.5. The van der Waals surface area contributed by atoms with Crippen LogP contribution in [-0.2, 0) is 0 Å². The molecular weight excluding hydrogens is 633 g/mol. The Balaban J connectivity index is 1.31. The lowest BCUT2D eigenvalue weighted by molar-refractivity contribution is 1.63. The molecule has 0 atom stereocenters. The Morgan fingerprint density at radius 2 is 0.804 bits per heavy atom. The molecule has 0 aliphatic rings.